The normalized spacial score (nSPS) is 21.3. The highest BCUT2D eigenvalue weighted by Crippen LogP contribution is 2.38. The first-order valence-corrected chi connectivity index (χ1v) is 12.1. The molecular formula is C22H28F6N6O5. The van der Waals surface area contributed by atoms with Gasteiger partial charge in [-0.25, -0.2) is 9.59 Å². The third kappa shape index (κ3) is 8.64. The van der Waals surface area contributed by atoms with Crippen LogP contribution in [-0.4, -0.2) is 104 Å². The summed E-state index contributed by atoms with van der Waals surface area (Å²) >= 11 is 0. The second-order valence-corrected chi connectivity index (χ2v) is 9.55. The highest BCUT2D eigenvalue weighted by atomic mass is 19.4. The zero-order valence-corrected chi connectivity index (χ0v) is 20.7. The number of alkyl halides is 6. The number of hydrogen-bond acceptors (Lipinski definition) is 8. The molecule has 2 N–H and O–H groups in total. The third-order valence-corrected chi connectivity index (χ3v) is 6.51. The predicted octanol–water partition coefficient (Wildman–Crippen LogP) is 2.86. The molecule has 5 rings (SSSR count). The summed E-state index contributed by atoms with van der Waals surface area (Å²) in [5.41, 5.74) is 0.843. The van der Waals surface area contributed by atoms with Crippen LogP contribution in [0.25, 0.3) is 5.65 Å². The SMILES string of the molecule is O=C(O)C(F)(F)F.O=C(O)C(F)(F)F.c1cc2nncn2nc1N1CC2(CCC(CN3CCCCC3)CO2)C1. The molecule has 2 aromatic heterocycles. The summed E-state index contributed by atoms with van der Waals surface area (Å²) in [6.07, 6.45) is -1.89. The highest BCUT2D eigenvalue weighted by molar-refractivity contribution is 5.73. The lowest BCUT2D eigenvalue weighted by Crippen LogP contribution is -2.65. The van der Waals surface area contributed by atoms with E-state index in [1.54, 1.807) is 10.8 Å². The molecule has 1 spiro atoms. The van der Waals surface area contributed by atoms with E-state index < -0.39 is 24.3 Å². The van der Waals surface area contributed by atoms with Crippen molar-refractivity contribution in [1.82, 2.24) is 24.7 Å². The van der Waals surface area contributed by atoms with Gasteiger partial charge in [-0.15, -0.1) is 15.3 Å². The Kier molecular flexibility index (Phi) is 9.58. The average Bonchev–Trinajstić information content (AvgIpc) is 3.31. The van der Waals surface area contributed by atoms with Crippen molar-refractivity contribution < 1.29 is 50.9 Å². The van der Waals surface area contributed by atoms with Crippen molar-refractivity contribution in [2.24, 2.45) is 5.92 Å². The van der Waals surface area contributed by atoms with E-state index >= 15 is 0 Å². The van der Waals surface area contributed by atoms with Gasteiger partial charge in [-0.05, 0) is 56.8 Å². The van der Waals surface area contributed by atoms with Crippen LogP contribution in [0.15, 0.2) is 18.5 Å². The molecule has 17 heteroatoms. The summed E-state index contributed by atoms with van der Waals surface area (Å²) in [7, 11) is 0. The van der Waals surface area contributed by atoms with Gasteiger partial charge < -0.3 is 24.7 Å². The van der Waals surface area contributed by atoms with E-state index in [2.05, 4.69) is 25.1 Å². The van der Waals surface area contributed by atoms with E-state index in [1.807, 2.05) is 12.1 Å². The summed E-state index contributed by atoms with van der Waals surface area (Å²) in [5.74, 6) is -3.82. The van der Waals surface area contributed by atoms with Crippen LogP contribution < -0.4 is 4.90 Å². The number of carboxylic acids is 2. The van der Waals surface area contributed by atoms with Gasteiger partial charge >= 0.3 is 24.3 Å². The fourth-order valence-corrected chi connectivity index (χ4v) is 4.52. The molecule has 11 nitrogen and oxygen atoms in total. The number of nitrogens with zero attached hydrogens (tertiary/aromatic N) is 6. The third-order valence-electron chi connectivity index (χ3n) is 6.51. The molecule has 3 aliphatic rings. The van der Waals surface area contributed by atoms with Gasteiger partial charge in [0.15, 0.2) is 5.65 Å². The lowest BCUT2D eigenvalue weighted by Gasteiger charge is -2.53. The number of rotatable bonds is 3. The molecule has 3 saturated heterocycles. The van der Waals surface area contributed by atoms with Crippen LogP contribution in [-0.2, 0) is 14.3 Å². The van der Waals surface area contributed by atoms with Gasteiger partial charge in [-0.2, -0.15) is 30.9 Å². The molecule has 0 bridgehead atoms. The number of aromatic nitrogens is 4. The van der Waals surface area contributed by atoms with Gasteiger partial charge in [0.2, 0.25) is 0 Å². The van der Waals surface area contributed by atoms with Gasteiger partial charge in [-0.1, -0.05) is 6.42 Å². The minimum absolute atomic E-state index is 0.0578. The molecule has 5 heterocycles. The summed E-state index contributed by atoms with van der Waals surface area (Å²) < 4.78 is 71.6. The van der Waals surface area contributed by atoms with Crippen molar-refractivity contribution in [2.45, 2.75) is 50.1 Å². The van der Waals surface area contributed by atoms with Gasteiger partial charge in [0.1, 0.15) is 17.7 Å². The Morgan fingerprint density at radius 2 is 1.59 bits per heavy atom. The van der Waals surface area contributed by atoms with Crippen molar-refractivity contribution in [3.63, 3.8) is 0 Å². The summed E-state index contributed by atoms with van der Waals surface area (Å²) in [6, 6.07) is 4.00. The Labute approximate surface area is 218 Å². The zero-order valence-electron chi connectivity index (χ0n) is 20.7. The second-order valence-electron chi connectivity index (χ2n) is 9.55. The topological polar surface area (TPSA) is 133 Å². The van der Waals surface area contributed by atoms with E-state index in [0.29, 0.717) is 5.92 Å². The van der Waals surface area contributed by atoms with Gasteiger partial charge in [0.25, 0.3) is 0 Å². The fraction of sp³-hybridized carbons (Fsp3) is 0.682. The molecule has 2 aromatic rings. The van der Waals surface area contributed by atoms with E-state index in [-0.39, 0.29) is 5.60 Å². The van der Waals surface area contributed by atoms with Crippen LogP contribution in [0.3, 0.4) is 0 Å². The molecule has 1 unspecified atom stereocenters. The standard InChI is InChI=1S/C18H26N6O.2C2HF3O2/c1-2-8-22(9-3-1)10-15-6-7-18(25-11-15)12-23(13-18)17-5-4-16-20-19-14-24(16)21-17;2*3-2(4,5)1(6)7/h4-5,14-15H,1-3,6-13H2;2*(H,6,7). The number of ether oxygens (including phenoxy) is 1. The van der Waals surface area contributed by atoms with E-state index in [1.165, 1.54) is 51.7 Å². The van der Waals surface area contributed by atoms with Crippen LogP contribution in [0.4, 0.5) is 32.2 Å². The number of aliphatic carboxylic acids is 2. The van der Waals surface area contributed by atoms with Gasteiger partial charge in [-0.3, -0.25) is 0 Å². The molecule has 218 valence electrons. The second kappa shape index (κ2) is 12.3. The number of carbonyl (C=O) groups is 2. The Bertz CT molecular complexity index is 1080. The average molecular weight is 570 g/mol. The maximum atomic E-state index is 10.6. The van der Waals surface area contributed by atoms with Gasteiger partial charge in [0.05, 0.1) is 19.7 Å². The molecule has 39 heavy (non-hydrogen) atoms. The van der Waals surface area contributed by atoms with Crippen LogP contribution in [0, 0.1) is 5.92 Å². The van der Waals surface area contributed by atoms with Crippen LogP contribution in [0.2, 0.25) is 0 Å². The quantitative estimate of drug-likeness (QED) is 0.531. The van der Waals surface area contributed by atoms with Crippen LogP contribution in [0.1, 0.15) is 32.1 Å². The fourth-order valence-electron chi connectivity index (χ4n) is 4.52. The molecule has 0 aromatic carbocycles. The number of carboxylic acid groups (broad SMARTS) is 2. The smallest absolute Gasteiger partial charge is 0.475 e. The number of piperidine rings is 1. The molecule has 0 amide bonds. The summed E-state index contributed by atoms with van der Waals surface area (Å²) in [5, 5.41) is 26.7. The Morgan fingerprint density at radius 1 is 1.00 bits per heavy atom. The van der Waals surface area contributed by atoms with Crippen molar-refractivity contribution >= 4 is 23.4 Å². The van der Waals surface area contributed by atoms with Crippen LogP contribution >= 0.6 is 0 Å². The molecule has 3 aliphatic heterocycles. The first kappa shape index (κ1) is 30.3. The molecular weight excluding hydrogens is 542 g/mol. The highest BCUT2D eigenvalue weighted by Gasteiger charge is 2.47. The molecule has 0 aliphatic carbocycles. The Hall–Kier alpha value is -3.21. The van der Waals surface area contributed by atoms with Crippen molar-refractivity contribution in [1.29, 1.82) is 0 Å². The molecule has 0 saturated carbocycles. The van der Waals surface area contributed by atoms with Crippen molar-refractivity contribution in [2.75, 3.05) is 44.2 Å². The van der Waals surface area contributed by atoms with E-state index in [4.69, 9.17) is 24.5 Å². The summed E-state index contributed by atoms with van der Waals surface area (Å²) in [6.45, 7) is 6.61. The van der Waals surface area contributed by atoms with E-state index in [9.17, 15) is 26.3 Å². The van der Waals surface area contributed by atoms with Crippen molar-refractivity contribution in [3.05, 3.63) is 18.5 Å². The van der Waals surface area contributed by atoms with Gasteiger partial charge in [0, 0.05) is 6.54 Å². The monoisotopic (exact) mass is 570 g/mol. The number of anilines is 1. The Morgan fingerprint density at radius 3 is 2.10 bits per heavy atom. The zero-order chi connectivity index (χ0) is 28.8. The maximum Gasteiger partial charge on any atom is 0.490 e. The predicted molar refractivity (Wildman–Crippen MR) is 122 cm³/mol. The number of halogens is 6. The minimum atomic E-state index is -5.08. The summed E-state index contributed by atoms with van der Waals surface area (Å²) in [4.78, 5) is 22.7. The number of likely N-dealkylation sites (tertiary alicyclic amines) is 1. The lowest BCUT2D eigenvalue weighted by molar-refractivity contribution is -0.193. The number of hydrogen-bond donors (Lipinski definition) is 2. The first-order chi connectivity index (χ1) is 18.2. The molecule has 3 fully saturated rings. The largest absolute Gasteiger partial charge is 0.490 e. The molecule has 0 radical (unpaired) electrons. The Balaban J connectivity index is 0.000000251. The van der Waals surface area contributed by atoms with E-state index in [0.717, 1.165) is 31.2 Å². The first-order valence-electron chi connectivity index (χ1n) is 12.1. The molecule has 1 atom stereocenters. The maximum absolute atomic E-state index is 10.6. The lowest BCUT2D eigenvalue weighted by atomic mass is 9.82. The number of fused-ring (bicyclic) bond motifs is 1. The minimum Gasteiger partial charge on any atom is -0.475 e. The van der Waals surface area contributed by atoms with Crippen molar-refractivity contribution in [3.8, 4) is 0 Å². The van der Waals surface area contributed by atoms with Crippen LogP contribution in [0.5, 0.6) is 0 Å².